The molecule has 0 amide bonds. The molecule has 4 rings (SSSR count). The third-order valence-corrected chi connectivity index (χ3v) is 8.41. The molecule has 0 saturated carbocycles. The smallest absolute Gasteiger partial charge is 0.124 e. The number of rotatable bonds is 12. The molecule has 1 atom stereocenters. The lowest BCUT2D eigenvalue weighted by atomic mass is 9.74. The molecule has 0 radical (unpaired) electrons. The Kier molecular flexibility index (Phi) is 9.55. The highest BCUT2D eigenvalue weighted by molar-refractivity contribution is 6.31. The molecule has 6 nitrogen and oxygen atoms in total. The van der Waals surface area contributed by atoms with Crippen molar-refractivity contribution in [3.8, 4) is 11.8 Å². The monoisotopic (exact) mass is 552 g/mol. The second-order valence-corrected chi connectivity index (χ2v) is 10.8. The molecule has 2 aromatic rings. The molecule has 2 N–H and O–H groups in total. The van der Waals surface area contributed by atoms with Gasteiger partial charge < -0.3 is 25.0 Å². The summed E-state index contributed by atoms with van der Waals surface area (Å²) < 4.78 is 19.8. The zero-order valence-electron chi connectivity index (χ0n) is 22.7. The molecule has 0 spiro atoms. The molecule has 0 aromatic heterocycles. The average Bonchev–Trinajstić information content (AvgIpc) is 3.28. The van der Waals surface area contributed by atoms with E-state index < -0.39 is 5.41 Å². The van der Waals surface area contributed by atoms with Crippen molar-refractivity contribution < 1.29 is 14.2 Å². The Bertz CT molecular complexity index is 1240. The Morgan fingerprint density at radius 2 is 2.05 bits per heavy atom. The van der Waals surface area contributed by atoms with Gasteiger partial charge >= 0.3 is 0 Å². The van der Waals surface area contributed by atoms with Gasteiger partial charge in [0.2, 0.25) is 0 Å². The van der Waals surface area contributed by atoms with Crippen LogP contribution in [0.15, 0.2) is 55.3 Å². The van der Waals surface area contributed by atoms with Crippen LogP contribution in [0.1, 0.15) is 48.8 Å². The number of hydrogen-bond donors (Lipinski definition) is 2. The largest absolute Gasteiger partial charge is 0.493 e. The van der Waals surface area contributed by atoms with Crippen molar-refractivity contribution >= 4 is 17.3 Å². The van der Waals surface area contributed by atoms with E-state index in [2.05, 4.69) is 40.4 Å². The number of nitrogens with one attached hydrogen (secondary N) is 1. The van der Waals surface area contributed by atoms with Gasteiger partial charge in [-0.3, -0.25) is 0 Å². The van der Waals surface area contributed by atoms with Gasteiger partial charge in [-0.2, -0.15) is 5.26 Å². The van der Waals surface area contributed by atoms with Crippen LogP contribution in [0.4, 0.5) is 4.39 Å². The fraction of sp³-hybridized carbons (Fsp3) is 0.452. The van der Waals surface area contributed by atoms with Gasteiger partial charge in [0, 0.05) is 54.3 Å². The van der Waals surface area contributed by atoms with E-state index in [1.54, 1.807) is 6.07 Å². The molecular weight excluding hydrogens is 515 g/mol. The van der Waals surface area contributed by atoms with Crippen LogP contribution < -0.4 is 10.1 Å². The van der Waals surface area contributed by atoms with Crippen LogP contribution in [-0.2, 0) is 12.0 Å². The van der Waals surface area contributed by atoms with Gasteiger partial charge in [0.05, 0.1) is 24.1 Å². The Morgan fingerprint density at radius 1 is 1.28 bits per heavy atom. The van der Waals surface area contributed by atoms with E-state index in [1.807, 2.05) is 19.2 Å². The topological polar surface area (TPSA) is 71.8 Å². The molecule has 208 valence electrons. The van der Waals surface area contributed by atoms with Gasteiger partial charge in [-0.1, -0.05) is 43.0 Å². The SMILES string of the molecule is C=C(NC)C(CCCO)N1Cc2c(OCCCN3CCC(C#N)(c4ccc(F)cc4Cl)CC3)cccc2C1=C. The number of nitriles is 1. The van der Waals surface area contributed by atoms with Crippen molar-refractivity contribution in [2.75, 3.05) is 39.9 Å². The van der Waals surface area contributed by atoms with Gasteiger partial charge in [-0.25, -0.2) is 4.39 Å². The van der Waals surface area contributed by atoms with Crippen LogP contribution in [0, 0.1) is 17.1 Å². The molecule has 1 saturated heterocycles. The molecule has 2 aliphatic rings. The number of halogens is 2. The van der Waals surface area contributed by atoms with E-state index in [1.165, 1.54) is 12.1 Å². The van der Waals surface area contributed by atoms with Gasteiger partial charge in [-0.15, -0.1) is 0 Å². The van der Waals surface area contributed by atoms with Crippen molar-refractivity contribution in [3.05, 3.63) is 82.8 Å². The molecule has 0 aliphatic carbocycles. The van der Waals surface area contributed by atoms with Gasteiger partial charge in [-0.05, 0) is 69.0 Å². The maximum absolute atomic E-state index is 13.5. The number of benzene rings is 2. The van der Waals surface area contributed by atoms with E-state index >= 15 is 0 Å². The Hall–Kier alpha value is -3.05. The van der Waals surface area contributed by atoms with Crippen molar-refractivity contribution in [2.24, 2.45) is 0 Å². The van der Waals surface area contributed by atoms with E-state index in [0.29, 0.717) is 37.4 Å². The maximum Gasteiger partial charge on any atom is 0.124 e. The van der Waals surface area contributed by atoms with Gasteiger partial charge in [0.25, 0.3) is 0 Å². The second kappa shape index (κ2) is 12.9. The summed E-state index contributed by atoms with van der Waals surface area (Å²) in [5.74, 6) is 0.487. The zero-order chi connectivity index (χ0) is 28.0. The average molecular weight is 553 g/mol. The molecule has 1 unspecified atom stereocenters. The minimum atomic E-state index is -0.676. The van der Waals surface area contributed by atoms with Crippen molar-refractivity contribution in [3.63, 3.8) is 0 Å². The number of aliphatic hydroxyl groups is 1. The van der Waals surface area contributed by atoms with E-state index in [-0.39, 0.29) is 18.5 Å². The highest BCUT2D eigenvalue weighted by Gasteiger charge is 2.38. The number of likely N-dealkylation sites (N-methyl/N-ethyl adjacent to an activating group) is 1. The van der Waals surface area contributed by atoms with Gasteiger partial charge in [0.1, 0.15) is 11.6 Å². The van der Waals surface area contributed by atoms with Crippen LogP contribution in [0.25, 0.3) is 5.70 Å². The normalized spacial score (nSPS) is 17.4. The molecular formula is C31H38ClFN4O2. The predicted octanol–water partition coefficient (Wildman–Crippen LogP) is 5.47. The number of likely N-dealkylation sites (tertiary alicyclic amines) is 1. The lowest BCUT2D eigenvalue weighted by Gasteiger charge is -2.38. The molecule has 2 heterocycles. The third-order valence-electron chi connectivity index (χ3n) is 8.10. The minimum absolute atomic E-state index is 0.0410. The fourth-order valence-corrected chi connectivity index (χ4v) is 6.12. The number of fused-ring (bicyclic) bond motifs is 1. The minimum Gasteiger partial charge on any atom is -0.493 e. The first-order valence-corrected chi connectivity index (χ1v) is 14.0. The summed E-state index contributed by atoms with van der Waals surface area (Å²) in [6.07, 6.45) is 3.67. The van der Waals surface area contributed by atoms with Crippen molar-refractivity contribution in [2.45, 2.75) is 50.1 Å². The summed E-state index contributed by atoms with van der Waals surface area (Å²) in [6.45, 7) is 12.4. The quantitative estimate of drug-likeness (QED) is 0.340. The summed E-state index contributed by atoms with van der Waals surface area (Å²) in [5.41, 5.74) is 4.13. The Balaban J connectivity index is 1.31. The zero-order valence-corrected chi connectivity index (χ0v) is 23.4. The molecule has 0 bridgehead atoms. The van der Waals surface area contributed by atoms with Crippen LogP contribution in [0.2, 0.25) is 5.02 Å². The Morgan fingerprint density at radius 3 is 2.72 bits per heavy atom. The maximum atomic E-state index is 13.5. The first kappa shape index (κ1) is 28.9. The van der Waals surface area contributed by atoms with E-state index in [0.717, 1.165) is 66.3 Å². The van der Waals surface area contributed by atoms with Crippen molar-refractivity contribution in [1.82, 2.24) is 15.1 Å². The first-order chi connectivity index (χ1) is 18.8. The summed E-state index contributed by atoms with van der Waals surface area (Å²) in [4.78, 5) is 4.60. The van der Waals surface area contributed by atoms with Crippen molar-refractivity contribution in [1.29, 1.82) is 5.26 Å². The standard InChI is InChI=1S/C31H38ClFN4O2/c1-22(35-3)29(8-5-17-38)37-20-26-25(23(37)2)7-4-9-30(26)39-18-6-14-36-15-12-31(21-34,13-16-36)27-11-10-24(33)19-28(27)32/h4,7,9-11,19,29,35,38H,1-2,5-6,8,12-18,20H2,3H3. The lowest BCUT2D eigenvalue weighted by Crippen LogP contribution is -2.42. The summed E-state index contributed by atoms with van der Waals surface area (Å²) >= 11 is 6.30. The highest BCUT2D eigenvalue weighted by atomic mass is 35.5. The number of aliphatic hydroxyl groups excluding tert-OH is 1. The van der Waals surface area contributed by atoms with Crippen LogP contribution in [0.3, 0.4) is 0 Å². The number of hydrogen-bond acceptors (Lipinski definition) is 6. The summed E-state index contributed by atoms with van der Waals surface area (Å²) in [5, 5.41) is 22.9. The van der Waals surface area contributed by atoms with Crippen LogP contribution in [0.5, 0.6) is 5.75 Å². The summed E-state index contributed by atoms with van der Waals surface area (Å²) in [6, 6.07) is 12.9. The fourth-order valence-electron chi connectivity index (χ4n) is 5.77. The summed E-state index contributed by atoms with van der Waals surface area (Å²) in [7, 11) is 1.87. The van der Waals surface area contributed by atoms with Gasteiger partial charge in [0.15, 0.2) is 0 Å². The number of piperidine rings is 1. The molecule has 39 heavy (non-hydrogen) atoms. The predicted molar refractivity (Wildman–Crippen MR) is 154 cm³/mol. The lowest BCUT2D eigenvalue weighted by molar-refractivity contribution is 0.172. The van der Waals surface area contributed by atoms with Crippen LogP contribution >= 0.6 is 11.6 Å². The molecule has 2 aromatic carbocycles. The molecule has 1 fully saturated rings. The molecule has 2 aliphatic heterocycles. The van der Waals surface area contributed by atoms with E-state index in [4.69, 9.17) is 16.3 Å². The number of ether oxygens (including phenoxy) is 1. The Labute approximate surface area is 236 Å². The number of nitrogens with zero attached hydrogens (tertiary/aromatic N) is 3. The third kappa shape index (κ3) is 6.24. The first-order valence-electron chi connectivity index (χ1n) is 13.6. The highest BCUT2D eigenvalue weighted by Crippen LogP contribution is 2.41. The molecule has 8 heteroatoms. The van der Waals surface area contributed by atoms with Crippen LogP contribution in [-0.4, -0.2) is 60.8 Å². The van der Waals surface area contributed by atoms with E-state index in [9.17, 15) is 14.8 Å². The second-order valence-electron chi connectivity index (χ2n) is 10.4.